The van der Waals surface area contributed by atoms with Gasteiger partial charge < -0.3 is 10.3 Å². The number of fused-ring (bicyclic) bond motifs is 1. The Morgan fingerprint density at radius 1 is 1.15 bits per heavy atom. The molecule has 0 amide bonds. The number of aromatic nitrogens is 2. The number of aryl methyl sites for hydroxylation is 1. The first-order valence-corrected chi connectivity index (χ1v) is 6.70. The molecule has 0 saturated carbocycles. The van der Waals surface area contributed by atoms with Gasteiger partial charge in [0.05, 0.1) is 11.0 Å². The number of anilines is 1. The zero-order valence-electron chi connectivity index (χ0n) is 11.3. The monoisotopic (exact) mass is 269 g/mol. The first kappa shape index (κ1) is 12.7. The van der Waals surface area contributed by atoms with Gasteiger partial charge in [0, 0.05) is 23.9 Å². The summed E-state index contributed by atoms with van der Waals surface area (Å²) >= 11 is 0. The molecule has 3 nitrogen and oxygen atoms in total. The quantitative estimate of drug-likeness (QED) is 0.734. The summed E-state index contributed by atoms with van der Waals surface area (Å²) in [4.78, 5) is 4.57. The van der Waals surface area contributed by atoms with Crippen molar-refractivity contribution in [1.82, 2.24) is 9.55 Å². The lowest BCUT2D eigenvalue weighted by molar-refractivity contribution is 0.629. The van der Waals surface area contributed by atoms with Gasteiger partial charge in [0.25, 0.3) is 0 Å². The molecule has 1 aromatic heterocycles. The summed E-state index contributed by atoms with van der Waals surface area (Å²) in [5.41, 5.74) is 9.07. The summed E-state index contributed by atoms with van der Waals surface area (Å²) < 4.78 is 15.5. The summed E-state index contributed by atoms with van der Waals surface area (Å²) in [7, 11) is 0. The molecule has 1 heterocycles. The Morgan fingerprint density at radius 2 is 1.90 bits per heavy atom. The lowest BCUT2D eigenvalue weighted by atomic mass is 10.2. The largest absolute Gasteiger partial charge is 0.399 e. The van der Waals surface area contributed by atoms with Crippen molar-refractivity contribution in [2.45, 2.75) is 19.9 Å². The highest BCUT2D eigenvalue weighted by atomic mass is 19.1. The van der Waals surface area contributed by atoms with E-state index in [1.54, 1.807) is 6.07 Å². The highest BCUT2D eigenvalue weighted by Gasteiger charge is 2.12. The van der Waals surface area contributed by atoms with Gasteiger partial charge in [0.15, 0.2) is 0 Å². The molecule has 0 aliphatic heterocycles. The lowest BCUT2D eigenvalue weighted by Crippen LogP contribution is -1.99. The van der Waals surface area contributed by atoms with Crippen molar-refractivity contribution in [3.8, 4) is 11.4 Å². The van der Waals surface area contributed by atoms with Gasteiger partial charge in [-0.05, 0) is 42.8 Å². The van der Waals surface area contributed by atoms with E-state index < -0.39 is 0 Å². The van der Waals surface area contributed by atoms with Crippen molar-refractivity contribution in [1.29, 1.82) is 0 Å². The van der Waals surface area contributed by atoms with E-state index in [1.807, 2.05) is 24.3 Å². The van der Waals surface area contributed by atoms with E-state index in [4.69, 9.17) is 5.73 Å². The molecule has 0 radical (unpaired) electrons. The Bertz CT molecular complexity index is 744. The van der Waals surface area contributed by atoms with Gasteiger partial charge in [-0.3, -0.25) is 0 Å². The molecule has 20 heavy (non-hydrogen) atoms. The number of nitrogens with two attached hydrogens (primary N) is 1. The zero-order valence-corrected chi connectivity index (χ0v) is 11.3. The van der Waals surface area contributed by atoms with E-state index in [-0.39, 0.29) is 5.82 Å². The van der Waals surface area contributed by atoms with Gasteiger partial charge in [-0.15, -0.1) is 0 Å². The normalized spacial score (nSPS) is 11.1. The van der Waals surface area contributed by atoms with Gasteiger partial charge in [0.2, 0.25) is 0 Å². The summed E-state index contributed by atoms with van der Waals surface area (Å²) in [6, 6.07) is 12.3. The SMILES string of the molecule is CCCn1c(-c2ccc(N)cc2)nc2cc(F)ccc21. The molecule has 0 aliphatic rings. The van der Waals surface area contributed by atoms with Crippen LogP contribution in [0.1, 0.15) is 13.3 Å². The molecule has 4 heteroatoms. The van der Waals surface area contributed by atoms with Crippen molar-refractivity contribution >= 4 is 16.7 Å². The van der Waals surface area contributed by atoms with Crippen LogP contribution in [-0.4, -0.2) is 9.55 Å². The van der Waals surface area contributed by atoms with Gasteiger partial charge in [-0.2, -0.15) is 0 Å². The van der Waals surface area contributed by atoms with Gasteiger partial charge >= 0.3 is 0 Å². The number of nitrogen functional groups attached to an aromatic ring is 1. The second-order valence-electron chi connectivity index (χ2n) is 4.84. The van der Waals surface area contributed by atoms with Crippen molar-refractivity contribution in [2.75, 3.05) is 5.73 Å². The molecule has 0 aliphatic carbocycles. The Labute approximate surface area is 116 Å². The Kier molecular flexibility index (Phi) is 3.14. The van der Waals surface area contributed by atoms with Crippen LogP contribution in [0, 0.1) is 5.82 Å². The summed E-state index contributed by atoms with van der Waals surface area (Å²) in [5, 5.41) is 0. The smallest absolute Gasteiger partial charge is 0.141 e. The maximum absolute atomic E-state index is 13.4. The second-order valence-corrected chi connectivity index (χ2v) is 4.84. The molecular formula is C16H16FN3. The fourth-order valence-corrected chi connectivity index (χ4v) is 2.41. The maximum atomic E-state index is 13.4. The number of halogens is 1. The van der Waals surface area contributed by atoms with Crippen LogP contribution in [0.25, 0.3) is 22.4 Å². The van der Waals surface area contributed by atoms with Gasteiger partial charge in [-0.25, -0.2) is 9.37 Å². The Morgan fingerprint density at radius 3 is 2.60 bits per heavy atom. The van der Waals surface area contributed by atoms with Crippen LogP contribution < -0.4 is 5.73 Å². The average molecular weight is 269 g/mol. The highest BCUT2D eigenvalue weighted by Crippen LogP contribution is 2.26. The number of benzene rings is 2. The third-order valence-electron chi connectivity index (χ3n) is 3.33. The minimum Gasteiger partial charge on any atom is -0.399 e. The topological polar surface area (TPSA) is 43.8 Å². The van der Waals surface area contributed by atoms with E-state index in [2.05, 4.69) is 16.5 Å². The Balaban J connectivity index is 2.22. The molecule has 0 bridgehead atoms. The minimum absolute atomic E-state index is 0.262. The van der Waals surface area contributed by atoms with Gasteiger partial charge in [-0.1, -0.05) is 6.92 Å². The molecule has 0 fully saturated rings. The first-order valence-electron chi connectivity index (χ1n) is 6.70. The molecule has 0 unspecified atom stereocenters. The average Bonchev–Trinajstić information content (AvgIpc) is 2.78. The second kappa shape index (κ2) is 4.96. The number of nitrogens with zero attached hydrogens (tertiary/aromatic N) is 2. The molecular weight excluding hydrogens is 253 g/mol. The van der Waals surface area contributed by atoms with Crippen molar-refractivity contribution in [3.63, 3.8) is 0 Å². The van der Waals surface area contributed by atoms with E-state index in [0.29, 0.717) is 5.52 Å². The summed E-state index contributed by atoms with van der Waals surface area (Å²) in [6.07, 6.45) is 0.991. The van der Waals surface area contributed by atoms with Crippen LogP contribution in [0.3, 0.4) is 0 Å². The summed E-state index contributed by atoms with van der Waals surface area (Å²) in [6.45, 7) is 2.96. The third-order valence-corrected chi connectivity index (χ3v) is 3.33. The van der Waals surface area contributed by atoms with E-state index >= 15 is 0 Å². The van der Waals surface area contributed by atoms with E-state index in [9.17, 15) is 4.39 Å². The van der Waals surface area contributed by atoms with Gasteiger partial charge in [0.1, 0.15) is 11.6 Å². The predicted molar refractivity (Wildman–Crippen MR) is 79.8 cm³/mol. The molecule has 2 aromatic carbocycles. The fourth-order valence-electron chi connectivity index (χ4n) is 2.41. The van der Waals surface area contributed by atoms with Crippen molar-refractivity contribution in [3.05, 3.63) is 48.3 Å². The number of imidazole rings is 1. The molecule has 102 valence electrons. The molecule has 3 rings (SSSR count). The van der Waals surface area contributed by atoms with Crippen molar-refractivity contribution < 1.29 is 4.39 Å². The third kappa shape index (κ3) is 2.13. The molecule has 0 saturated heterocycles. The molecule has 3 aromatic rings. The first-order chi connectivity index (χ1) is 9.69. The minimum atomic E-state index is -0.262. The van der Waals surface area contributed by atoms with Crippen LogP contribution in [0.4, 0.5) is 10.1 Å². The highest BCUT2D eigenvalue weighted by molar-refractivity contribution is 5.81. The number of hydrogen-bond donors (Lipinski definition) is 1. The zero-order chi connectivity index (χ0) is 14.1. The van der Waals surface area contributed by atoms with Crippen molar-refractivity contribution in [2.24, 2.45) is 0 Å². The van der Waals surface area contributed by atoms with E-state index in [0.717, 1.165) is 35.6 Å². The van der Waals surface area contributed by atoms with Crippen LogP contribution in [0.15, 0.2) is 42.5 Å². The predicted octanol–water partition coefficient (Wildman–Crippen LogP) is 3.83. The number of hydrogen-bond acceptors (Lipinski definition) is 2. The maximum Gasteiger partial charge on any atom is 0.141 e. The van der Waals surface area contributed by atoms with E-state index in [1.165, 1.54) is 12.1 Å². The molecule has 0 atom stereocenters. The lowest BCUT2D eigenvalue weighted by Gasteiger charge is -2.08. The molecule has 0 spiro atoms. The standard InChI is InChI=1S/C16H16FN3/c1-2-9-20-15-8-5-12(17)10-14(15)19-16(20)11-3-6-13(18)7-4-11/h3-8,10H,2,9,18H2,1H3. The van der Waals surface area contributed by atoms with Crippen LogP contribution in [0.5, 0.6) is 0 Å². The Hall–Kier alpha value is -2.36. The fraction of sp³-hybridized carbons (Fsp3) is 0.188. The number of rotatable bonds is 3. The van der Waals surface area contributed by atoms with Crippen LogP contribution in [-0.2, 0) is 6.54 Å². The summed E-state index contributed by atoms with van der Waals surface area (Å²) in [5.74, 6) is 0.593. The molecule has 2 N–H and O–H groups in total. The van der Waals surface area contributed by atoms with Crippen LogP contribution in [0.2, 0.25) is 0 Å². The van der Waals surface area contributed by atoms with Crippen LogP contribution >= 0.6 is 0 Å².